The van der Waals surface area contributed by atoms with E-state index in [4.69, 9.17) is 0 Å². The standard InChI is InChI=1S/C12H21N3/c1-8(2)5-13-6-10-7-14-12(15-10)11-4-9(11)3/h7-9,11,13H,4-6H2,1-3H3,(H,14,15). The number of hydrogen-bond acceptors (Lipinski definition) is 2. The van der Waals surface area contributed by atoms with Crippen molar-refractivity contribution in [2.45, 2.75) is 39.7 Å². The van der Waals surface area contributed by atoms with Crippen molar-refractivity contribution >= 4 is 0 Å². The van der Waals surface area contributed by atoms with Gasteiger partial charge in [-0.05, 0) is 24.8 Å². The molecule has 1 saturated carbocycles. The number of hydrogen-bond donors (Lipinski definition) is 2. The van der Waals surface area contributed by atoms with Crippen molar-refractivity contribution in [3.63, 3.8) is 0 Å². The Morgan fingerprint density at radius 3 is 2.93 bits per heavy atom. The minimum atomic E-state index is 0.698. The molecule has 0 amide bonds. The fourth-order valence-electron chi connectivity index (χ4n) is 1.85. The molecule has 2 rings (SSSR count). The quantitative estimate of drug-likeness (QED) is 0.777. The molecular weight excluding hydrogens is 186 g/mol. The maximum atomic E-state index is 4.43. The summed E-state index contributed by atoms with van der Waals surface area (Å²) in [6, 6.07) is 0. The molecule has 0 aliphatic heterocycles. The number of nitrogens with zero attached hydrogens (tertiary/aromatic N) is 1. The summed E-state index contributed by atoms with van der Waals surface area (Å²) in [5, 5.41) is 3.41. The summed E-state index contributed by atoms with van der Waals surface area (Å²) in [5.74, 6) is 3.41. The van der Waals surface area contributed by atoms with Crippen molar-refractivity contribution in [2.75, 3.05) is 6.54 Å². The van der Waals surface area contributed by atoms with Gasteiger partial charge in [-0.25, -0.2) is 4.98 Å². The number of rotatable bonds is 5. The van der Waals surface area contributed by atoms with E-state index in [0.717, 1.165) is 19.0 Å². The summed E-state index contributed by atoms with van der Waals surface area (Å²) in [6.45, 7) is 8.69. The molecule has 1 aliphatic carbocycles. The van der Waals surface area contributed by atoms with Crippen molar-refractivity contribution in [1.82, 2.24) is 15.3 Å². The minimum Gasteiger partial charge on any atom is -0.345 e. The molecule has 84 valence electrons. The maximum Gasteiger partial charge on any atom is 0.109 e. The molecule has 1 heterocycles. The molecule has 0 saturated heterocycles. The largest absolute Gasteiger partial charge is 0.345 e. The van der Waals surface area contributed by atoms with E-state index in [0.29, 0.717) is 11.8 Å². The van der Waals surface area contributed by atoms with Gasteiger partial charge in [0.15, 0.2) is 0 Å². The van der Waals surface area contributed by atoms with Gasteiger partial charge >= 0.3 is 0 Å². The number of H-pyrrole nitrogens is 1. The number of aromatic nitrogens is 2. The van der Waals surface area contributed by atoms with Crippen LogP contribution in [-0.2, 0) is 6.54 Å². The van der Waals surface area contributed by atoms with Crippen LogP contribution in [0.2, 0.25) is 0 Å². The third-order valence-corrected chi connectivity index (χ3v) is 2.98. The Labute approximate surface area is 91.7 Å². The van der Waals surface area contributed by atoms with Crippen molar-refractivity contribution < 1.29 is 0 Å². The Hall–Kier alpha value is -0.830. The minimum absolute atomic E-state index is 0.698. The van der Waals surface area contributed by atoms with Gasteiger partial charge in [0.2, 0.25) is 0 Å². The van der Waals surface area contributed by atoms with E-state index in [1.165, 1.54) is 17.9 Å². The molecule has 0 radical (unpaired) electrons. The Morgan fingerprint density at radius 1 is 1.60 bits per heavy atom. The molecule has 15 heavy (non-hydrogen) atoms. The van der Waals surface area contributed by atoms with Crippen LogP contribution in [-0.4, -0.2) is 16.5 Å². The zero-order valence-corrected chi connectivity index (χ0v) is 9.88. The van der Waals surface area contributed by atoms with Gasteiger partial charge in [0.05, 0.1) is 0 Å². The van der Waals surface area contributed by atoms with Gasteiger partial charge in [0.25, 0.3) is 0 Å². The zero-order chi connectivity index (χ0) is 10.8. The van der Waals surface area contributed by atoms with Crippen LogP contribution in [0.25, 0.3) is 0 Å². The molecular formula is C12H21N3. The number of aromatic amines is 1. The van der Waals surface area contributed by atoms with Crippen molar-refractivity contribution in [1.29, 1.82) is 0 Å². The van der Waals surface area contributed by atoms with Crippen molar-refractivity contribution in [3.05, 3.63) is 17.7 Å². The predicted octanol–water partition coefficient (Wildman–Crippen LogP) is 2.28. The van der Waals surface area contributed by atoms with Gasteiger partial charge in [-0.3, -0.25) is 0 Å². The van der Waals surface area contributed by atoms with E-state index < -0.39 is 0 Å². The smallest absolute Gasteiger partial charge is 0.109 e. The second-order valence-electron chi connectivity index (χ2n) is 5.14. The van der Waals surface area contributed by atoms with Crippen LogP contribution in [0.1, 0.15) is 44.6 Å². The van der Waals surface area contributed by atoms with Crippen LogP contribution < -0.4 is 5.32 Å². The highest BCUT2D eigenvalue weighted by Gasteiger charge is 2.36. The molecule has 1 aliphatic rings. The summed E-state index contributed by atoms with van der Waals surface area (Å²) in [6.07, 6.45) is 3.26. The Morgan fingerprint density at radius 2 is 2.33 bits per heavy atom. The summed E-state index contributed by atoms with van der Waals surface area (Å²) >= 11 is 0. The Kier molecular flexibility index (Phi) is 3.10. The molecule has 3 heteroatoms. The van der Waals surface area contributed by atoms with Crippen molar-refractivity contribution in [3.8, 4) is 0 Å². The molecule has 0 bridgehead atoms. The van der Waals surface area contributed by atoms with E-state index in [9.17, 15) is 0 Å². The van der Waals surface area contributed by atoms with Crippen molar-refractivity contribution in [2.24, 2.45) is 11.8 Å². The summed E-state index contributed by atoms with van der Waals surface area (Å²) in [4.78, 5) is 7.84. The maximum absolute atomic E-state index is 4.43. The molecule has 1 aromatic heterocycles. The lowest BCUT2D eigenvalue weighted by Crippen LogP contribution is -2.19. The average molecular weight is 207 g/mol. The second-order valence-corrected chi connectivity index (χ2v) is 5.14. The third kappa shape index (κ3) is 2.81. The first kappa shape index (κ1) is 10.7. The lowest BCUT2D eigenvalue weighted by molar-refractivity contribution is 0.548. The molecule has 2 atom stereocenters. The predicted molar refractivity (Wildman–Crippen MR) is 61.7 cm³/mol. The van der Waals surface area contributed by atoms with Crippen LogP contribution >= 0.6 is 0 Å². The Balaban J connectivity index is 1.80. The van der Waals surface area contributed by atoms with E-state index >= 15 is 0 Å². The molecule has 1 aromatic rings. The SMILES string of the molecule is CC(C)CNCc1cnc(C2CC2C)[nH]1. The van der Waals surface area contributed by atoms with Gasteiger partial charge in [-0.1, -0.05) is 20.8 Å². The highest BCUT2D eigenvalue weighted by Crippen LogP contribution is 2.45. The highest BCUT2D eigenvalue weighted by atomic mass is 15.0. The number of imidazole rings is 1. The first-order valence-corrected chi connectivity index (χ1v) is 5.91. The van der Waals surface area contributed by atoms with E-state index in [-0.39, 0.29) is 0 Å². The second kappa shape index (κ2) is 4.35. The van der Waals surface area contributed by atoms with E-state index in [1.54, 1.807) is 0 Å². The van der Waals surface area contributed by atoms with Crippen LogP contribution in [0, 0.1) is 11.8 Å². The molecule has 3 nitrogen and oxygen atoms in total. The first-order chi connectivity index (χ1) is 7.16. The number of nitrogens with one attached hydrogen (secondary N) is 2. The third-order valence-electron chi connectivity index (χ3n) is 2.98. The van der Waals surface area contributed by atoms with Gasteiger partial charge < -0.3 is 10.3 Å². The van der Waals surface area contributed by atoms with Gasteiger partial charge in [0, 0.05) is 24.4 Å². The van der Waals surface area contributed by atoms with Crippen LogP contribution in [0.3, 0.4) is 0 Å². The lowest BCUT2D eigenvalue weighted by Gasteiger charge is -2.05. The molecule has 0 aromatic carbocycles. The van der Waals surface area contributed by atoms with Crippen LogP contribution in [0.15, 0.2) is 6.20 Å². The fraction of sp³-hybridized carbons (Fsp3) is 0.750. The Bertz CT molecular complexity index is 316. The fourth-order valence-corrected chi connectivity index (χ4v) is 1.85. The summed E-state index contributed by atoms with van der Waals surface area (Å²) < 4.78 is 0. The molecule has 2 N–H and O–H groups in total. The monoisotopic (exact) mass is 207 g/mol. The van der Waals surface area contributed by atoms with Gasteiger partial charge in [0.1, 0.15) is 5.82 Å². The van der Waals surface area contributed by atoms with Crippen LogP contribution in [0.5, 0.6) is 0 Å². The van der Waals surface area contributed by atoms with E-state index in [1.807, 2.05) is 6.20 Å². The first-order valence-electron chi connectivity index (χ1n) is 5.91. The average Bonchev–Trinajstić information content (AvgIpc) is 2.73. The molecule has 0 spiro atoms. The molecule has 2 unspecified atom stereocenters. The zero-order valence-electron chi connectivity index (χ0n) is 9.88. The lowest BCUT2D eigenvalue weighted by atomic mass is 10.2. The normalized spacial score (nSPS) is 24.8. The van der Waals surface area contributed by atoms with Gasteiger partial charge in [-0.2, -0.15) is 0 Å². The topological polar surface area (TPSA) is 40.7 Å². The highest BCUT2D eigenvalue weighted by molar-refractivity contribution is 5.12. The summed E-state index contributed by atoms with van der Waals surface area (Å²) in [7, 11) is 0. The molecule has 1 fully saturated rings. The van der Waals surface area contributed by atoms with E-state index in [2.05, 4.69) is 36.1 Å². The van der Waals surface area contributed by atoms with Gasteiger partial charge in [-0.15, -0.1) is 0 Å². The summed E-state index contributed by atoms with van der Waals surface area (Å²) in [5.41, 5.74) is 1.21. The van der Waals surface area contributed by atoms with Crippen LogP contribution in [0.4, 0.5) is 0 Å².